The van der Waals surface area contributed by atoms with E-state index in [0.29, 0.717) is 29.4 Å². The number of rotatable bonds is 9. The van der Waals surface area contributed by atoms with Gasteiger partial charge >= 0.3 is 6.09 Å². The number of nitrogens with zero attached hydrogens (tertiary/aromatic N) is 3. The quantitative estimate of drug-likeness (QED) is 0.296. The van der Waals surface area contributed by atoms with Gasteiger partial charge in [-0.25, -0.2) is 14.3 Å². The molecule has 0 radical (unpaired) electrons. The first-order chi connectivity index (χ1) is 17.9. The molecule has 2 heterocycles. The van der Waals surface area contributed by atoms with Crippen molar-refractivity contribution in [2.75, 3.05) is 20.3 Å². The third kappa shape index (κ3) is 4.58. The third-order valence-electron chi connectivity index (χ3n) is 6.66. The van der Waals surface area contributed by atoms with Crippen LogP contribution >= 0.6 is 0 Å². The summed E-state index contributed by atoms with van der Waals surface area (Å²) in [6.07, 6.45) is 1.44. The minimum absolute atomic E-state index is 0.0445. The lowest BCUT2D eigenvalue weighted by Crippen LogP contribution is -2.50. The minimum Gasteiger partial charge on any atom is -0.487 e. The largest absolute Gasteiger partial charge is 0.487 e. The number of nitrogens with one attached hydrogen (secondary N) is 1. The zero-order valence-corrected chi connectivity index (χ0v) is 20.3. The van der Waals surface area contributed by atoms with Crippen molar-refractivity contribution in [1.82, 2.24) is 19.9 Å². The summed E-state index contributed by atoms with van der Waals surface area (Å²) in [6.45, 7) is 0.609. The second-order valence-electron chi connectivity index (χ2n) is 8.95. The molecule has 1 fully saturated rings. The van der Waals surface area contributed by atoms with E-state index < -0.39 is 17.5 Å². The van der Waals surface area contributed by atoms with E-state index in [2.05, 4.69) is 10.4 Å². The summed E-state index contributed by atoms with van der Waals surface area (Å²) in [5.74, 6) is -0.325. The monoisotopic (exact) mass is 501 g/mol. The Morgan fingerprint density at radius 3 is 2.41 bits per heavy atom. The Bertz CT molecular complexity index is 1450. The van der Waals surface area contributed by atoms with Crippen molar-refractivity contribution in [3.63, 3.8) is 0 Å². The van der Waals surface area contributed by atoms with Gasteiger partial charge in [0.2, 0.25) is 0 Å². The van der Waals surface area contributed by atoms with Crippen LogP contribution in [0.15, 0.2) is 60.7 Å². The average molecular weight is 502 g/mol. The van der Waals surface area contributed by atoms with E-state index in [1.54, 1.807) is 11.6 Å². The smallest absolute Gasteiger partial charge is 0.405 e. The van der Waals surface area contributed by atoms with Crippen molar-refractivity contribution >= 4 is 17.6 Å². The van der Waals surface area contributed by atoms with Crippen LogP contribution in [0.5, 0.6) is 5.75 Å². The first-order valence-corrected chi connectivity index (χ1v) is 11.9. The molecule has 10 nitrogen and oxygen atoms in total. The number of nitrogens with two attached hydrogens (primary N) is 1. The lowest BCUT2D eigenvalue weighted by Gasteiger charge is -2.42. The molecule has 190 valence electrons. The molecule has 0 bridgehead atoms. The molecule has 0 spiro atoms. The average Bonchev–Trinajstić information content (AvgIpc) is 3.26. The number of carbonyl (C=O) groups excluding carboxylic acids is 1. The summed E-state index contributed by atoms with van der Waals surface area (Å²) in [5, 5.41) is 16.5. The maximum absolute atomic E-state index is 12.1. The number of methoxy groups -OCH3 is 1. The molecule has 2 aromatic carbocycles. The van der Waals surface area contributed by atoms with Gasteiger partial charge in [0.15, 0.2) is 17.1 Å². The number of fused-ring (bicyclic) bond motifs is 1. The van der Waals surface area contributed by atoms with Gasteiger partial charge < -0.3 is 25.6 Å². The fraction of sp³-hybridized carbons (Fsp3) is 0.259. The summed E-state index contributed by atoms with van der Waals surface area (Å²) < 4.78 is 12.6. The Morgan fingerprint density at radius 1 is 1.08 bits per heavy atom. The number of ether oxygens (including phenoxy) is 2. The first-order valence-electron chi connectivity index (χ1n) is 11.9. The number of carboxylic acid groups (broad SMARTS) is 1. The van der Waals surface area contributed by atoms with Crippen LogP contribution in [0.4, 0.5) is 4.79 Å². The van der Waals surface area contributed by atoms with Crippen molar-refractivity contribution in [2.24, 2.45) is 5.73 Å². The molecule has 4 aromatic rings. The van der Waals surface area contributed by atoms with Crippen LogP contribution in [-0.4, -0.2) is 52.0 Å². The van der Waals surface area contributed by atoms with Crippen LogP contribution in [0, 0.1) is 0 Å². The molecule has 0 unspecified atom stereocenters. The number of primary amides is 1. The zero-order valence-electron chi connectivity index (χ0n) is 20.3. The topological polar surface area (TPSA) is 141 Å². The third-order valence-corrected chi connectivity index (χ3v) is 6.66. The van der Waals surface area contributed by atoms with Gasteiger partial charge in [-0.1, -0.05) is 54.6 Å². The molecular weight excluding hydrogens is 474 g/mol. The molecular formula is C27H27N5O5. The predicted octanol–water partition coefficient (Wildman–Crippen LogP) is 3.83. The Kier molecular flexibility index (Phi) is 6.49. The van der Waals surface area contributed by atoms with Crippen LogP contribution in [0.1, 0.15) is 35.3 Å². The number of amides is 2. The molecule has 2 aromatic heterocycles. The van der Waals surface area contributed by atoms with E-state index in [1.165, 1.54) is 6.07 Å². The highest BCUT2D eigenvalue weighted by molar-refractivity contribution is 5.92. The maximum atomic E-state index is 12.1. The number of imidazole rings is 1. The van der Waals surface area contributed by atoms with Crippen LogP contribution in [0.3, 0.4) is 0 Å². The number of aromatic nitrogens is 3. The molecule has 37 heavy (non-hydrogen) atoms. The van der Waals surface area contributed by atoms with E-state index >= 15 is 0 Å². The summed E-state index contributed by atoms with van der Waals surface area (Å²) in [6, 6.07) is 18.8. The summed E-state index contributed by atoms with van der Waals surface area (Å²) in [5.41, 5.74) is 9.36. The van der Waals surface area contributed by atoms with Crippen molar-refractivity contribution in [3.8, 4) is 28.3 Å². The van der Waals surface area contributed by atoms with Gasteiger partial charge in [0, 0.05) is 24.3 Å². The normalized spacial score (nSPS) is 14.2. The van der Waals surface area contributed by atoms with E-state index in [-0.39, 0.29) is 12.3 Å². The van der Waals surface area contributed by atoms with E-state index in [1.807, 2.05) is 54.6 Å². The van der Waals surface area contributed by atoms with E-state index in [9.17, 15) is 14.7 Å². The fourth-order valence-corrected chi connectivity index (χ4v) is 4.68. The molecule has 0 atom stereocenters. The number of benzene rings is 2. The van der Waals surface area contributed by atoms with E-state index in [0.717, 1.165) is 36.0 Å². The number of hydrogen-bond donors (Lipinski definition) is 3. The van der Waals surface area contributed by atoms with Gasteiger partial charge in [-0.2, -0.15) is 5.10 Å². The zero-order chi connectivity index (χ0) is 26.0. The molecule has 0 aliphatic heterocycles. The van der Waals surface area contributed by atoms with Gasteiger partial charge in [0.25, 0.3) is 5.91 Å². The maximum Gasteiger partial charge on any atom is 0.405 e. The predicted molar refractivity (Wildman–Crippen MR) is 136 cm³/mol. The lowest BCUT2D eigenvalue weighted by molar-refractivity contribution is 0.0993. The molecule has 0 saturated heterocycles. The van der Waals surface area contributed by atoms with Crippen molar-refractivity contribution in [1.29, 1.82) is 0 Å². The number of carbonyl (C=O) groups is 2. The van der Waals surface area contributed by atoms with Crippen LogP contribution in [0.2, 0.25) is 0 Å². The van der Waals surface area contributed by atoms with Crippen LogP contribution in [-0.2, 0) is 10.3 Å². The van der Waals surface area contributed by atoms with Crippen molar-refractivity contribution in [2.45, 2.75) is 24.8 Å². The highest BCUT2D eigenvalue weighted by Gasteiger charge is 2.40. The summed E-state index contributed by atoms with van der Waals surface area (Å²) >= 11 is 0. The Hall–Kier alpha value is -4.44. The minimum atomic E-state index is -1.03. The Labute approximate surface area is 213 Å². The second-order valence-corrected chi connectivity index (χ2v) is 8.95. The van der Waals surface area contributed by atoms with Gasteiger partial charge in [-0.15, -0.1) is 0 Å². The molecule has 1 saturated carbocycles. The van der Waals surface area contributed by atoms with Gasteiger partial charge in [0.05, 0.1) is 17.8 Å². The molecule has 10 heteroatoms. The molecule has 4 N–H and O–H groups in total. The first kappa shape index (κ1) is 24.3. The standard InChI is InChI=1S/C27H27N5O5/c1-36-14-15-37-21-16-20(24(28)33)31-32-23(18-6-3-2-4-7-18)22(29-25(21)32)17-8-10-19(11-9-17)27(12-5-13-27)30-26(34)35/h2-4,6-11,16,30H,5,12-15H2,1H3,(H2,28,33)(H,34,35). The lowest BCUT2D eigenvalue weighted by atomic mass is 9.72. The molecule has 5 rings (SSSR count). The Balaban J connectivity index is 1.67. The fourth-order valence-electron chi connectivity index (χ4n) is 4.68. The Morgan fingerprint density at radius 2 is 1.81 bits per heavy atom. The van der Waals surface area contributed by atoms with E-state index in [4.69, 9.17) is 20.2 Å². The molecule has 2 amide bonds. The SMILES string of the molecule is COCCOc1cc(C(N)=O)nn2c(-c3ccccc3)c(-c3ccc(C4(NC(=O)O)CCC4)cc3)nc12. The summed E-state index contributed by atoms with van der Waals surface area (Å²) in [7, 11) is 1.57. The molecule has 1 aliphatic carbocycles. The van der Waals surface area contributed by atoms with Gasteiger partial charge in [0.1, 0.15) is 12.3 Å². The number of hydrogen-bond acceptors (Lipinski definition) is 6. The summed E-state index contributed by atoms with van der Waals surface area (Å²) in [4.78, 5) is 28.4. The van der Waals surface area contributed by atoms with Crippen LogP contribution in [0.25, 0.3) is 28.2 Å². The van der Waals surface area contributed by atoms with Gasteiger partial charge in [-0.3, -0.25) is 4.79 Å². The van der Waals surface area contributed by atoms with Gasteiger partial charge in [-0.05, 0) is 24.8 Å². The van der Waals surface area contributed by atoms with Crippen molar-refractivity contribution < 1.29 is 24.2 Å². The second kappa shape index (κ2) is 9.90. The molecule has 1 aliphatic rings. The van der Waals surface area contributed by atoms with Crippen LogP contribution < -0.4 is 15.8 Å². The highest BCUT2D eigenvalue weighted by Crippen LogP contribution is 2.42. The van der Waals surface area contributed by atoms with Crippen molar-refractivity contribution in [3.05, 3.63) is 71.9 Å². The highest BCUT2D eigenvalue weighted by atomic mass is 16.5.